The molecule has 27 heavy (non-hydrogen) atoms. The molecule has 1 atom stereocenters. The zero-order chi connectivity index (χ0) is 18.9. The molecule has 1 unspecified atom stereocenters. The fraction of sp³-hybridized carbons (Fsp3) is 0.476. The Labute approximate surface area is 159 Å². The van der Waals surface area contributed by atoms with Gasteiger partial charge in [0.1, 0.15) is 17.5 Å². The predicted octanol–water partition coefficient (Wildman–Crippen LogP) is 3.21. The van der Waals surface area contributed by atoms with Gasteiger partial charge in [-0.2, -0.15) is 0 Å². The molecule has 2 saturated heterocycles. The number of carbonyl (C=O) groups excluding carboxylic acids is 2. The van der Waals surface area contributed by atoms with E-state index in [9.17, 15) is 9.59 Å². The molecule has 0 bridgehead atoms. The maximum atomic E-state index is 13.1. The Morgan fingerprint density at radius 1 is 1.22 bits per heavy atom. The summed E-state index contributed by atoms with van der Waals surface area (Å²) >= 11 is 0. The van der Waals surface area contributed by atoms with Gasteiger partial charge in [-0.1, -0.05) is 42.4 Å². The highest BCUT2D eigenvalue weighted by atomic mass is 16.5. The molecule has 2 aromatic rings. The molecule has 2 aliphatic rings. The van der Waals surface area contributed by atoms with Gasteiger partial charge >= 0.3 is 0 Å². The van der Waals surface area contributed by atoms with E-state index in [1.807, 2.05) is 35.2 Å². The van der Waals surface area contributed by atoms with E-state index in [0.717, 1.165) is 44.3 Å². The number of rotatable bonds is 4. The van der Waals surface area contributed by atoms with Crippen LogP contribution in [-0.2, 0) is 4.79 Å². The monoisotopic (exact) mass is 367 g/mol. The molecule has 0 aliphatic carbocycles. The smallest absolute Gasteiger partial charge is 0.259 e. The van der Waals surface area contributed by atoms with Crippen molar-refractivity contribution in [3.8, 4) is 11.3 Å². The summed E-state index contributed by atoms with van der Waals surface area (Å²) in [6.07, 6.45) is 5.00. The average molecular weight is 367 g/mol. The van der Waals surface area contributed by atoms with E-state index >= 15 is 0 Å². The summed E-state index contributed by atoms with van der Waals surface area (Å²) in [5.41, 5.74) is 1.47. The summed E-state index contributed by atoms with van der Waals surface area (Å²) in [5.74, 6) is 0.117. The molecule has 4 rings (SSSR count). The molecule has 1 spiro atoms. The second kappa shape index (κ2) is 7.18. The van der Waals surface area contributed by atoms with Crippen molar-refractivity contribution in [2.24, 2.45) is 5.41 Å². The van der Waals surface area contributed by atoms with Gasteiger partial charge in [0.25, 0.3) is 5.91 Å². The van der Waals surface area contributed by atoms with Gasteiger partial charge in [0.05, 0.1) is 5.41 Å². The molecule has 0 saturated carbocycles. The Morgan fingerprint density at radius 3 is 2.81 bits per heavy atom. The third-order valence-corrected chi connectivity index (χ3v) is 5.81. The summed E-state index contributed by atoms with van der Waals surface area (Å²) in [6, 6.07) is 9.56. The second-order valence-corrected chi connectivity index (χ2v) is 7.60. The van der Waals surface area contributed by atoms with Crippen molar-refractivity contribution in [3.05, 3.63) is 42.2 Å². The number of nitrogens with zero attached hydrogens (tertiary/aromatic N) is 3. The van der Waals surface area contributed by atoms with E-state index in [-0.39, 0.29) is 11.8 Å². The van der Waals surface area contributed by atoms with Gasteiger partial charge < -0.3 is 14.3 Å². The van der Waals surface area contributed by atoms with Gasteiger partial charge in [-0.25, -0.2) is 0 Å². The van der Waals surface area contributed by atoms with Crippen LogP contribution in [0.4, 0.5) is 0 Å². The van der Waals surface area contributed by atoms with Crippen LogP contribution >= 0.6 is 0 Å². The molecular weight excluding hydrogens is 342 g/mol. The third kappa shape index (κ3) is 3.13. The Bertz CT molecular complexity index is 830. The standard InChI is InChI=1S/C21H25N3O3/c1-2-11-23-12-6-9-21(20(23)26)10-13-24(15-21)19(25)17-14-27-22-18(17)16-7-4-3-5-8-16/h3-5,7-8,14H,2,6,9-13,15H2,1H3. The van der Waals surface area contributed by atoms with Crippen molar-refractivity contribution in [3.63, 3.8) is 0 Å². The van der Waals surface area contributed by atoms with Crippen molar-refractivity contribution in [1.82, 2.24) is 15.0 Å². The van der Waals surface area contributed by atoms with Gasteiger partial charge in [-0.05, 0) is 25.7 Å². The fourth-order valence-corrected chi connectivity index (χ4v) is 4.42. The molecule has 2 amide bonds. The summed E-state index contributed by atoms with van der Waals surface area (Å²) in [5, 5.41) is 4.04. The Hall–Kier alpha value is -2.63. The van der Waals surface area contributed by atoms with Crippen LogP contribution in [0, 0.1) is 5.41 Å². The van der Waals surface area contributed by atoms with E-state index < -0.39 is 5.41 Å². The van der Waals surface area contributed by atoms with Crippen molar-refractivity contribution >= 4 is 11.8 Å². The zero-order valence-electron chi connectivity index (χ0n) is 15.7. The highest BCUT2D eigenvalue weighted by molar-refractivity contribution is 6.00. The van der Waals surface area contributed by atoms with Crippen LogP contribution in [0.3, 0.4) is 0 Å². The number of amides is 2. The zero-order valence-corrected chi connectivity index (χ0v) is 15.7. The molecule has 0 N–H and O–H groups in total. The summed E-state index contributed by atoms with van der Waals surface area (Å²) in [7, 11) is 0. The molecule has 2 fully saturated rings. The molecule has 1 aromatic carbocycles. The normalized spacial score (nSPS) is 22.6. The van der Waals surface area contributed by atoms with Crippen LogP contribution in [-0.4, -0.2) is 52.9 Å². The highest BCUT2D eigenvalue weighted by Crippen LogP contribution is 2.41. The van der Waals surface area contributed by atoms with Crippen LogP contribution in [0.2, 0.25) is 0 Å². The van der Waals surface area contributed by atoms with Crippen molar-refractivity contribution < 1.29 is 14.1 Å². The number of hydrogen-bond acceptors (Lipinski definition) is 4. The molecule has 3 heterocycles. The minimum absolute atomic E-state index is 0.104. The molecule has 6 nitrogen and oxygen atoms in total. The maximum absolute atomic E-state index is 13.1. The average Bonchev–Trinajstić information content (AvgIpc) is 3.34. The lowest BCUT2D eigenvalue weighted by Crippen LogP contribution is -2.50. The lowest BCUT2D eigenvalue weighted by atomic mass is 9.78. The minimum Gasteiger partial charge on any atom is -0.363 e. The fourth-order valence-electron chi connectivity index (χ4n) is 4.42. The van der Waals surface area contributed by atoms with E-state index in [4.69, 9.17) is 4.52 Å². The SMILES string of the molecule is CCCN1CCCC2(CCN(C(=O)c3conc3-c3ccccc3)C2)C1=O. The van der Waals surface area contributed by atoms with Crippen LogP contribution < -0.4 is 0 Å². The summed E-state index contributed by atoms with van der Waals surface area (Å²) in [6.45, 7) is 4.83. The summed E-state index contributed by atoms with van der Waals surface area (Å²) in [4.78, 5) is 30.0. The molecule has 1 aromatic heterocycles. The number of piperidine rings is 1. The van der Waals surface area contributed by atoms with Gasteiger partial charge in [-0.15, -0.1) is 0 Å². The van der Waals surface area contributed by atoms with Crippen molar-refractivity contribution in [1.29, 1.82) is 0 Å². The van der Waals surface area contributed by atoms with E-state index in [1.54, 1.807) is 4.90 Å². The maximum Gasteiger partial charge on any atom is 0.259 e. The first-order valence-electron chi connectivity index (χ1n) is 9.73. The van der Waals surface area contributed by atoms with Gasteiger partial charge in [0, 0.05) is 31.7 Å². The Balaban J connectivity index is 1.54. The van der Waals surface area contributed by atoms with Gasteiger partial charge in [0.15, 0.2) is 0 Å². The number of hydrogen-bond donors (Lipinski definition) is 0. The number of benzene rings is 1. The Morgan fingerprint density at radius 2 is 2.04 bits per heavy atom. The lowest BCUT2D eigenvalue weighted by Gasteiger charge is -2.39. The van der Waals surface area contributed by atoms with E-state index in [1.165, 1.54) is 6.26 Å². The lowest BCUT2D eigenvalue weighted by molar-refractivity contribution is -0.145. The third-order valence-electron chi connectivity index (χ3n) is 5.81. The van der Waals surface area contributed by atoms with Crippen molar-refractivity contribution in [2.45, 2.75) is 32.6 Å². The number of aromatic nitrogens is 1. The largest absolute Gasteiger partial charge is 0.363 e. The van der Waals surface area contributed by atoms with Gasteiger partial charge in [0.2, 0.25) is 5.91 Å². The van der Waals surface area contributed by atoms with Crippen LogP contribution in [0.1, 0.15) is 43.0 Å². The van der Waals surface area contributed by atoms with Crippen LogP contribution in [0.25, 0.3) is 11.3 Å². The topological polar surface area (TPSA) is 66.7 Å². The quantitative estimate of drug-likeness (QED) is 0.832. The highest BCUT2D eigenvalue weighted by Gasteiger charge is 2.49. The molecular formula is C21H25N3O3. The first-order chi connectivity index (χ1) is 13.1. The second-order valence-electron chi connectivity index (χ2n) is 7.60. The van der Waals surface area contributed by atoms with Crippen molar-refractivity contribution in [2.75, 3.05) is 26.2 Å². The molecule has 0 radical (unpaired) electrons. The first kappa shape index (κ1) is 17.8. The van der Waals surface area contributed by atoms with Crippen LogP contribution in [0.5, 0.6) is 0 Å². The molecule has 2 aliphatic heterocycles. The Kier molecular flexibility index (Phi) is 4.72. The van der Waals surface area contributed by atoms with E-state index in [0.29, 0.717) is 24.3 Å². The van der Waals surface area contributed by atoms with Crippen LogP contribution in [0.15, 0.2) is 41.1 Å². The first-order valence-corrected chi connectivity index (χ1v) is 9.73. The predicted molar refractivity (Wildman–Crippen MR) is 101 cm³/mol. The number of carbonyl (C=O) groups is 2. The number of likely N-dealkylation sites (tertiary alicyclic amines) is 2. The molecule has 142 valence electrons. The minimum atomic E-state index is -0.410. The molecule has 6 heteroatoms. The van der Waals surface area contributed by atoms with E-state index in [2.05, 4.69) is 12.1 Å². The van der Waals surface area contributed by atoms with Gasteiger partial charge in [-0.3, -0.25) is 9.59 Å². The summed E-state index contributed by atoms with van der Waals surface area (Å²) < 4.78 is 5.12.